The third-order valence-corrected chi connectivity index (χ3v) is 2.39. The van der Waals surface area contributed by atoms with Crippen LogP contribution in [0.25, 0.3) is 11.4 Å². The first-order valence-electron chi connectivity index (χ1n) is 5.63. The van der Waals surface area contributed by atoms with Crippen LogP contribution in [0.15, 0.2) is 28.8 Å². The summed E-state index contributed by atoms with van der Waals surface area (Å²) in [6.07, 6.45) is -0.0136. The Morgan fingerprint density at radius 3 is 2.79 bits per heavy atom. The quantitative estimate of drug-likeness (QED) is 0.817. The van der Waals surface area contributed by atoms with Crippen molar-refractivity contribution in [1.82, 2.24) is 10.1 Å². The maximum atomic E-state index is 10.4. The number of carboxylic acid groups (broad SMARTS) is 1. The first-order chi connectivity index (χ1) is 9.19. The molecule has 0 unspecified atom stereocenters. The summed E-state index contributed by atoms with van der Waals surface area (Å²) in [5.74, 6) is 0.287. The summed E-state index contributed by atoms with van der Waals surface area (Å²) in [5.41, 5.74) is 0.788. The Balaban J connectivity index is 2.01. The van der Waals surface area contributed by atoms with Crippen LogP contribution in [0.4, 0.5) is 6.01 Å². The zero-order valence-electron chi connectivity index (χ0n) is 10.3. The molecule has 2 rings (SSSR count). The number of hydrogen-bond donors (Lipinski definition) is 2. The molecule has 0 radical (unpaired) electrons. The van der Waals surface area contributed by atoms with Gasteiger partial charge in [0.1, 0.15) is 5.75 Å². The van der Waals surface area contributed by atoms with Crippen LogP contribution in [0.2, 0.25) is 0 Å². The van der Waals surface area contributed by atoms with Gasteiger partial charge < -0.3 is 19.7 Å². The van der Waals surface area contributed by atoms with Gasteiger partial charge in [-0.25, -0.2) is 0 Å². The van der Waals surface area contributed by atoms with Crippen LogP contribution in [0.1, 0.15) is 6.42 Å². The molecule has 0 aliphatic rings. The van der Waals surface area contributed by atoms with Gasteiger partial charge in [0.15, 0.2) is 0 Å². The van der Waals surface area contributed by atoms with E-state index in [2.05, 4.69) is 15.5 Å². The fourth-order valence-corrected chi connectivity index (χ4v) is 1.43. The highest BCUT2D eigenvalue weighted by Crippen LogP contribution is 2.20. The van der Waals surface area contributed by atoms with Crippen LogP contribution in [0, 0.1) is 0 Å². The lowest BCUT2D eigenvalue weighted by Crippen LogP contribution is -2.07. The molecule has 0 aliphatic heterocycles. The molecule has 0 atom stereocenters. The topological polar surface area (TPSA) is 97.5 Å². The number of nitrogens with zero attached hydrogens (tertiary/aromatic N) is 2. The highest BCUT2D eigenvalue weighted by Gasteiger charge is 2.08. The molecule has 2 N–H and O–H groups in total. The number of aliphatic carboxylic acids is 1. The van der Waals surface area contributed by atoms with Crippen molar-refractivity contribution in [3.63, 3.8) is 0 Å². The largest absolute Gasteiger partial charge is 0.497 e. The Bertz CT molecular complexity index is 550. The zero-order chi connectivity index (χ0) is 13.7. The molecule has 7 nitrogen and oxygen atoms in total. The summed E-state index contributed by atoms with van der Waals surface area (Å²) in [6, 6.07) is 7.41. The SMILES string of the molecule is COc1ccc(-c2noc(NCCC(=O)O)n2)cc1. The van der Waals surface area contributed by atoms with Crippen molar-refractivity contribution in [2.75, 3.05) is 19.0 Å². The second-order valence-electron chi connectivity index (χ2n) is 3.72. The standard InChI is InChI=1S/C12H13N3O4/c1-18-9-4-2-8(3-5-9)11-14-12(19-15-11)13-7-6-10(16)17/h2-5H,6-7H2,1H3,(H,16,17)(H,13,14,15). The number of nitrogens with one attached hydrogen (secondary N) is 1. The fraction of sp³-hybridized carbons (Fsp3) is 0.250. The van der Waals surface area contributed by atoms with E-state index in [1.807, 2.05) is 12.1 Å². The van der Waals surface area contributed by atoms with Gasteiger partial charge in [0.2, 0.25) is 5.82 Å². The number of aromatic nitrogens is 2. The number of carbonyl (C=O) groups is 1. The molecule has 19 heavy (non-hydrogen) atoms. The van der Waals surface area contributed by atoms with Gasteiger partial charge in [0.05, 0.1) is 13.5 Å². The molecule has 100 valence electrons. The Labute approximate surface area is 109 Å². The molecule has 1 aromatic heterocycles. The highest BCUT2D eigenvalue weighted by atomic mass is 16.5. The molecule has 0 spiro atoms. The number of carboxylic acids is 1. The summed E-state index contributed by atoms with van der Waals surface area (Å²) in [5, 5.41) is 15.1. The van der Waals surface area contributed by atoms with Crippen LogP contribution in [-0.4, -0.2) is 34.9 Å². The van der Waals surface area contributed by atoms with Gasteiger partial charge >= 0.3 is 12.0 Å². The highest BCUT2D eigenvalue weighted by molar-refractivity contribution is 5.67. The minimum absolute atomic E-state index is 0.0136. The molecule has 1 aromatic carbocycles. The van der Waals surface area contributed by atoms with Gasteiger partial charge in [-0.3, -0.25) is 4.79 Å². The first-order valence-corrected chi connectivity index (χ1v) is 5.63. The van der Waals surface area contributed by atoms with E-state index in [0.717, 1.165) is 11.3 Å². The van der Waals surface area contributed by atoms with Crippen LogP contribution in [-0.2, 0) is 4.79 Å². The molecule has 0 saturated heterocycles. The van der Waals surface area contributed by atoms with Crippen molar-refractivity contribution in [3.05, 3.63) is 24.3 Å². The van der Waals surface area contributed by atoms with E-state index in [0.29, 0.717) is 5.82 Å². The molecule has 7 heteroatoms. The van der Waals surface area contributed by atoms with Crippen molar-refractivity contribution >= 4 is 12.0 Å². The molecule has 0 saturated carbocycles. The maximum Gasteiger partial charge on any atom is 0.321 e. The lowest BCUT2D eigenvalue weighted by atomic mass is 10.2. The molecule has 2 aromatic rings. The Morgan fingerprint density at radius 1 is 1.42 bits per heavy atom. The lowest BCUT2D eigenvalue weighted by Gasteiger charge is -1.99. The van der Waals surface area contributed by atoms with Crippen molar-refractivity contribution < 1.29 is 19.2 Å². The number of ether oxygens (including phenoxy) is 1. The Morgan fingerprint density at radius 2 is 2.16 bits per heavy atom. The predicted octanol–water partition coefficient (Wildman–Crippen LogP) is 1.63. The van der Waals surface area contributed by atoms with Crippen LogP contribution < -0.4 is 10.1 Å². The fourth-order valence-electron chi connectivity index (χ4n) is 1.43. The second-order valence-corrected chi connectivity index (χ2v) is 3.72. The van der Waals surface area contributed by atoms with E-state index in [9.17, 15) is 4.79 Å². The predicted molar refractivity (Wildman–Crippen MR) is 67.0 cm³/mol. The third-order valence-electron chi connectivity index (χ3n) is 2.39. The van der Waals surface area contributed by atoms with E-state index < -0.39 is 5.97 Å². The smallest absolute Gasteiger partial charge is 0.321 e. The van der Waals surface area contributed by atoms with Crippen LogP contribution in [0.5, 0.6) is 5.75 Å². The molecule has 0 fully saturated rings. The summed E-state index contributed by atoms with van der Waals surface area (Å²) in [4.78, 5) is 14.5. The molecule has 0 amide bonds. The van der Waals surface area contributed by atoms with E-state index in [-0.39, 0.29) is 19.0 Å². The zero-order valence-corrected chi connectivity index (χ0v) is 10.3. The van der Waals surface area contributed by atoms with E-state index in [4.69, 9.17) is 14.4 Å². The molecule has 1 heterocycles. The van der Waals surface area contributed by atoms with Gasteiger partial charge in [-0.05, 0) is 24.3 Å². The van der Waals surface area contributed by atoms with E-state index in [1.54, 1.807) is 19.2 Å². The molecule has 0 aliphatic carbocycles. The van der Waals surface area contributed by atoms with Crippen molar-refractivity contribution in [1.29, 1.82) is 0 Å². The van der Waals surface area contributed by atoms with Gasteiger partial charge in [0, 0.05) is 12.1 Å². The van der Waals surface area contributed by atoms with E-state index >= 15 is 0 Å². The summed E-state index contributed by atoms with van der Waals surface area (Å²) in [7, 11) is 1.59. The number of anilines is 1. The third kappa shape index (κ3) is 3.44. The molecular formula is C12H13N3O4. The van der Waals surface area contributed by atoms with Crippen LogP contribution in [0.3, 0.4) is 0 Å². The Hall–Kier alpha value is -2.57. The lowest BCUT2D eigenvalue weighted by molar-refractivity contribution is -0.136. The molecule has 0 bridgehead atoms. The van der Waals surface area contributed by atoms with Crippen LogP contribution >= 0.6 is 0 Å². The number of rotatable bonds is 6. The first kappa shape index (κ1) is 12.9. The summed E-state index contributed by atoms with van der Waals surface area (Å²) >= 11 is 0. The minimum Gasteiger partial charge on any atom is -0.497 e. The maximum absolute atomic E-state index is 10.4. The molecular weight excluding hydrogens is 250 g/mol. The van der Waals surface area contributed by atoms with Crippen molar-refractivity contribution in [2.24, 2.45) is 0 Å². The van der Waals surface area contributed by atoms with Crippen molar-refractivity contribution in [2.45, 2.75) is 6.42 Å². The normalized spacial score (nSPS) is 10.2. The second kappa shape index (κ2) is 5.85. The summed E-state index contributed by atoms with van der Waals surface area (Å²) < 4.78 is 10.0. The van der Waals surface area contributed by atoms with Gasteiger partial charge in [-0.1, -0.05) is 5.16 Å². The van der Waals surface area contributed by atoms with Gasteiger partial charge in [0.25, 0.3) is 0 Å². The summed E-state index contributed by atoms with van der Waals surface area (Å²) in [6.45, 7) is 0.236. The minimum atomic E-state index is -0.887. The van der Waals surface area contributed by atoms with Crippen molar-refractivity contribution in [3.8, 4) is 17.1 Å². The monoisotopic (exact) mass is 263 g/mol. The number of benzene rings is 1. The number of hydrogen-bond acceptors (Lipinski definition) is 6. The average Bonchev–Trinajstić information content (AvgIpc) is 2.87. The average molecular weight is 263 g/mol. The van der Waals surface area contributed by atoms with Gasteiger partial charge in [-0.15, -0.1) is 0 Å². The van der Waals surface area contributed by atoms with E-state index in [1.165, 1.54) is 0 Å². The van der Waals surface area contributed by atoms with Gasteiger partial charge in [-0.2, -0.15) is 4.98 Å². The Kier molecular flexibility index (Phi) is 3.97. The number of methoxy groups -OCH3 is 1.